The van der Waals surface area contributed by atoms with E-state index in [1.54, 1.807) is 0 Å². The van der Waals surface area contributed by atoms with Crippen LogP contribution in [0.4, 0.5) is 0 Å². The first-order valence-corrected chi connectivity index (χ1v) is 6.98. The molecule has 1 aromatic carbocycles. The Morgan fingerprint density at radius 2 is 1.29 bits per heavy atom. The van der Waals surface area contributed by atoms with E-state index in [0.717, 1.165) is 0 Å². The summed E-state index contributed by atoms with van der Waals surface area (Å²) in [4.78, 5) is 0. The van der Waals surface area contributed by atoms with Gasteiger partial charge in [-0.05, 0) is 75.2 Å². The van der Waals surface area contributed by atoms with Crippen molar-refractivity contribution in [1.82, 2.24) is 0 Å². The Bertz CT molecular complexity index is 364. The third kappa shape index (κ3) is 7.34. The SMILES string of the molecule is C[C@@H](/C=C/c1ccccc1)[C]1[CH][CH][CH][CH]1.[CH]1[CH][CH][CH][CH]1.[Fe+2]. The van der Waals surface area contributed by atoms with Gasteiger partial charge in [-0.2, -0.15) is 0 Å². The average molecular weight is 316 g/mol. The average Bonchev–Trinajstić information content (AvgIpc) is 3.20. The largest absolute Gasteiger partial charge is 2.00 e. The molecule has 2 fully saturated rings. The van der Waals surface area contributed by atoms with Gasteiger partial charge in [-0.3, -0.25) is 0 Å². The van der Waals surface area contributed by atoms with E-state index < -0.39 is 0 Å². The molecule has 1 atom stereocenters. The summed E-state index contributed by atoms with van der Waals surface area (Å²) < 4.78 is 0. The normalized spacial score (nSPS) is 19.9. The molecule has 0 saturated heterocycles. The van der Waals surface area contributed by atoms with E-state index in [-0.39, 0.29) is 17.1 Å². The van der Waals surface area contributed by atoms with Crippen molar-refractivity contribution in [2.45, 2.75) is 6.92 Å². The van der Waals surface area contributed by atoms with Gasteiger partial charge in [0.2, 0.25) is 0 Å². The fraction of sp³-hybridized carbons (Fsp3) is 0.100. The van der Waals surface area contributed by atoms with Crippen LogP contribution in [0, 0.1) is 69.6 Å². The van der Waals surface area contributed by atoms with Crippen molar-refractivity contribution in [1.29, 1.82) is 0 Å². The zero-order chi connectivity index (χ0) is 14.0. The third-order valence-corrected chi connectivity index (χ3v) is 3.15. The number of benzene rings is 1. The van der Waals surface area contributed by atoms with Gasteiger partial charge in [-0.1, -0.05) is 49.4 Å². The van der Waals surface area contributed by atoms with Gasteiger partial charge in [0.15, 0.2) is 0 Å². The quantitative estimate of drug-likeness (QED) is 0.705. The molecule has 106 valence electrons. The molecule has 0 aliphatic heterocycles. The van der Waals surface area contributed by atoms with Crippen molar-refractivity contribution in [2.24, 2.45) is 5.92 Å². The molecular weight excluding hydrogens is 296 g/mol. The maximum absolute atomic E-state index is 2.24. The summed E-state index contributed by atoms with van der Waals surface area (Å²) in [5, 5.41) is 0. The van der Waals surface area contributed by atoms with Gasteiger partial charge in [-0.25, -0.2) is 0 Å². The Hall–Kier alpha value is -0.521. The Balaban J connectivity index is 0.000000313. The maximum atomic E-state index is 2.24. The van der Waals surface area contributed by atoms with Gasteiger partial charge in [-0.15, -0.1) is 0 Å². The van der Waals surface area contributed by atoms with Crippen LogP contribution in [0.2, 0.25) is 0 Å². The third-order valence-electron chi connectivity index (χ3n) is 3.15. The molecule has 2 aliphatic rings. The van der Waals surface area contributed by atoms with Gasteiger partial charge in [0.05, 0.1) is 0 Å². The van der Waals surface area contributed by atoms with Crippen molar-refractivity contribution >= 4 is 6.08 Å². The standard InChI is InChI=1S/C15H15.C5H5.Fe/c1-13(15-9-5-6-10-15)11-12-14-7-3-2-4-8-14;1-2-4-5-3-1;/h2-13H,1H3;1-5H;/q;;+2/b12-11+;;/t13-;;/m0../s1. The van der Waals surface area contributed by atoms with Crippen LogP contribution in [0.3, 0.4) is 0 Å². The van der Waals surface area contributed by atoms with Gasteiger partial charge >= 0.3 is 17.1 Å². The van der Waals surface area contributed by atoms with Crippen molar-refractivity contribution in [2.75, 3.05) is 0 Å². The van der Waals surface area contributed by atoms with Crippen LogP contribution in [0.5, 0.6) is 0 Å². The summed E-state index contributed by atoms with van der Waals surface area (Å²) in [7, 11) is 0. The van der Waals surface area contributed by atoms with Gasteiger partial charge < -0.3 is 0 Å². The van der Waals surface area contributed by atoms with Gasteiger partial charge in [0.25, 0.3) is 0 Å². The van der Waals surface area contributed by atoms with Crippen molar-refractivity contribution < 1.29 is 17.1 Å². The summed E-state index contributed by atoms with van der Waals surface area (Å²) in [5.41, 5.74) is 1.26. The molecule has 0 heterocycles. The minimum atomic E-state index is 0. The minimum Gasteiger partial charge on any atom is -0.0805 e. The van der Waals surface area contributed by atoms with Crippen LogP contribution in [-0.4, -0.2) is 0 Å². The zero-order valence-corrected chi connectivity index (χ0v) is 13.3. The Kier molecular flexibility index (Phi) is 9.79. The molecule has 0 spiro atoms. The molecule has 2 saturated carbocycles. The van der Waals surface area contributed by atoms with Crippen LogP contribution >= 0.6 is 0 Å². The number of hydrogen-bond acceptors (Lipinski definition) is 0. The monoisotopic (exact) mass is 316 g/mol. The summed E-state index contributed by atoms with van der Waals surface area (Å²) in [6.45, 7) is 2.22. The maximum Gasteiger partial charge on any atom is 2.00 e. The first-order valence-electron chi connectivity index (χ1n) is 6.98. The Morgan fingerprint density at radius 3 is 1.81 bits per heavy atom. The van der Waals surface area contributed by atoms with Crippen LogP contribution in [0.1, 0.15) is 12.5 Å². The molecule has 3 rings (SSSR count). The van der Waals surface area contributed by atoms with Gasteiger partial charge in [0.1, 0.15) is 0 Å². The predicted octanol–water partition coefficient (Wildman–Crippen LogP) is 4.76. The summed E-state index contributed by atoms with van der Waals surface area (Å²) in [6.07, 6.45) is 22.9. The van der Waals surface area contributed by atoms with Crippen molar-refractivity contribution in [3.63, 3.8) is 0 Å². The van der Waals surface area contributed by atoms with E-state index in [2.05, 4.69) is 69.0 Å². The van der Waals surface area contributed by atoms with Gasteiger partial charge in [0, 0.05) is 0 Å². The second-order valence-corrected chi connectivity index (χ2v) is 4.74. The van der Waals surface area contributed by atoms with Crippen LogP contribution in [0.25, 0.3) is 6.08 Å². The molecule has 0 nitrogen and oxygen atoms in total. The smallest absolute Gasteiger partial charge is 0.0805 e. The molecule has 2 aliphatic carbocycles. The second kappa shape index (κ2) is 11.1. The molecule has 0 N–H and O–H groups in total. The van der Waals surface area contributed by atoms with E-state index in [4.69, 9.17) is 0 Å². The first kappa shape index (κ1) is 18.5. The fourth-order valence-electron chi connectivity index (χ4n) is 1.94. The number of hydrogen-bond donors (Lipinski definition) is 0. The number of allylic oxidation sites excluding steroid dienone is 1. The predicted molar refractivity (Wildman–Crippen MR) is 86.6 cm³/mol. The molecule has 0 amide bonds. The summed E-state index contributed by atoms with van der Waals surface area (Å²) in [5.74, 6) is 1.86. The van der Waals surface area contributed by atoms with Crippen LogP contribution in [-0.2, 0) is 17.1 Å². The van der Waals surface area contributed by atoms with E-state index in [9.17, 15) is 0 Å². The Labute approximate surface area is 141 Å². The van der Waals surface area contributed by atoms with E-state index >= 15 is 0 Å². The topological polar surface area (TPSA) is 0 Å². The fourth-order valence-corrected chi connectivity index (χ4v) is 1.94. The molecule has 1 heteroatoms. The van der Waals surface area contributed by atoms with Crippen molar-refractivity contribution in [3.8, 4) is 0 Å². The molecule has 0 unspecified atom stereocenters. The molecule has 21 heavy (non-hydrogen) atoms. The van der Waals surface area contributed by atoms with E-state index in [1.165, 1.54) is 11.5 Å². The summed E-state index contributed by atoms with van der Waals surface area (Å²) >= 11 is 0. The summed E-state index contributed by atoms with van der Waals surface area (Å²) in [6, 6.07) is 10.4. The first-order chi connectivity index (χ1) is 9.86. The zero-order valence-electron chi connectivity index (χ0n) is 12.2. The minimum absolute atomic E-state index is 0. The molecule has 1 aromatic rings. The van der Waals surface area contributed by atoms with E-state index in [0.29, 0.717) is 5.92 Å². The van der Waals surface area contributed by atoms with Crippen molar-refractivity contribution in [3.05, 3.63) is 106 Å². The molecule has 0 aromatic heterocycles. The molecule has 10 radical (unpaired) electrons. The molecular formula is C20H20Fe+2. The molecule has 0 bridgehead atoms. The number of rotatable bonds is 3. The second-order valence-electron chi connectivity index (χ2n) is 4.74. The van der Waals surface area contributed by atoms with Crippen LogP contribution in [0.15, 0.2) is 36.4 Å². The van der Waals surface area contributed by atoms with Crippen LogP contribution < -0.4 is 0 Å². The van der Waals surface area contributed by atoms with E-state index in [1.807, 2.05) is 38.2 Å². The Morgan fingerprint density at radius 1 is 0.762 bits per heavy atom.